The Hall–Kier alpha value is -1.81. The molecule has 122 valence electrons. The van der Waals surface area contributed by atoms with Gasteiger partial charge in [0.05, 0.1) is 4.88 Å². The molecule has 0 spiro atoms. The van der Waals surface area contributed by atoms with E-state index in [0.717, 1.165) is 29.2 Å². The molecule has 1 N–H and O–H groups in total. The van der Waals surface area contributed by atoms with E-state index in [1.807, 2.05) is 14.1 Å². The molecule has 0 aliphatic heterocycles. The second kappa shape index (κ2) is 6.75. The third kappa shape index (κ3) is 3.75. The lowest BCUT2D eigenvalue weighted by Gasteiger charge is -2.16. The first kappa shape index (κ1) is 16.1. The van der Waals surface area contributed by atoms with Crippen molar-refractivity contribution in [1.82, 2.24) is 5.32 Å². The maximum atomic E-state index is 12.4. The van der Waals surface area contributed by atoms with Crippen molar-refractivity contribution >= 4 is 22.9 Å². The van der Waals surface area contributed by atoms with Gasteiger partial charge in [-0.2, -0.15) is 0 Å². The molecular formula is C19H24N2OS. The lowest BCUT2D eigenvalue weighted by atomic mass is 9.90. The molecule has 0 unspecified atom stereocenters. The topological polar surface area (TPSA) is 32.3 Å². The van der Waals surface area contributed by atoms with Gasteiger partial charge in [0, 0.05) is 31.2 Å². The van der Waals surface area contributed by atoms with Crippen LogP contribution >= 0.6 is 11.3 Å². The first-order valence-corrected chi connectivity index (χ1v) is 9.00. The van der Waals surface area contributed by atoms with Crippen LogP contribution in [0.5, 0.6) is 0 Å². The number of hydrogen-bond acceptors (Lipinski definition) is 3. The number of anilines is 1. The summed E-state index contributed by atoms with van der Waals surface area (Å²) in [5.41, 5.74) is 3.67. The lowest BCUT2D eigenvalue weighted by Crippen LogP contribution is -2.21. The Morgan fingerprint density at radius 1 is 1.30 bits per heavy atom. The highest BCUT2D eigenvalue weighted by Crippen LogP contribution is 2.32. The summed E-state index contributed by atoms with van der Waals surface area (Å²) < 4.78 is 0. The van der Waals surface area contributed by atoms with Crippen LogP contribution in [0.2, 0.25) is 0 Å². The second-order valence-electron chi connectivity index (χ2n) is 6.65. The summed E-state index contributed by atoms with van der Waals surface area (Å²) in [5, 5.41) is 3.04. The quantitative estimate of drug-likeness (QED) is 0.924. The molecule has 0 fully saturated rings. The molecule has 3 rings (SSSR count). The van der Waals surface area contributed by atoms with E-state index in [9.17, 15) is 4.79 Å². The van der Waals surface area contributed by atoms with Crippen molar-refractivity contribution < 1.29 is 4.79 Å². The summed E-state index contributed by atoms with van der Waals surface area (Å²) in [6.07, 6.45) is 3.48. The first-order valence-electron chi connectivity index (χ1n) is 8.19. The van der Waals surface area contributed by atoms with E-state index in [2.05, 4.69) is 47.5 Å². The van der Waals surface area contributed by atoms with Crippen molar-refractivity contribution in [2.75, 3.05) is 19.0 Å². The molecule has 0 bridgehead atoms. The summed E-state index contributed by atoms with van der Waals surface area (Å²) in [6, 6.07) is 10.4. The van der Waals surface area contributed by atoms with Crippen LogP contribution in [0.25, 0.3) is 0 Å². The fourth-order valence-electron chi connectivity index (χ4n) is 3.00. The number of fused-ring (bicyclic) bond motifs is 1. The molecule has 23 heavy (non-hydrogen) atoms. The van der Waals surface area contributed by atoms with Gasteiger partial charge in [-0.05, 0) is 54.5 Å². The van der Waals surface area contributed by atoms with Crippen LogP contribution in [-0.2, 0) is 19.4 Å². The van der Waals surface area contributed by atoms with Crippen molar-refractivity contribution in [1.29, 1.82) is 0 Å². The number of aryl methyl sites for hydroxylation is 1. The predicted octanol–water partition coefficient (Wildman–Crippen LogP) is 3.87. The van der Waals surface area contributed by atoms with E-state index < -0.39 is 0 Å². The molecule has 1 aliphatic rings. The summed E-state index contributed by atoms with van der Waals surface area (Å²) in [4.78, 5) is 16.7. The average molecular weight is 328 g/mol. The monoisotopic (exact) mass is 328 g/mol. The molecule has 1 aliphatic carbocycles. The minimum Gasteiger partial charge on any atom is -0.378 e. The van der Waals surface area contributed by atoms with Gasteiger partial charge in [-0.3, -0.25) is 4.79 Å². The number of benzene rings is 1. The van der Waals surface area contributed by atoms with E-state index in [4.69, 9.17) is 0 Å². The summed E-state index contributed by atoms with van der Waals surface area (Å²) in [5.74, 6) is 0.789. The summed E-state index contributed by atoms with van der Waals surface area (Å²) in [7, 11) is 4.05. The zero-order valence-corrected chi connectivity index (χ0v) is 14.9. The van der Waals surface area contributed by atoms with Gasteiger partial charge in [0.15, 0.2) is 0 Å². The lowest BCUT2D eigenvalue weighted by molar-refractivity contribution is 0.0955. The van der Waals surface area contributed by atoms with Gasteiger partial charge in [0.25, 0.3) is 5.91 Å². The van der Waals surface area contributed by atoms with Crippen molar-refractivity contribution in [3.05, 3.63) is 51.2 Å². The van der Waals surface area contributed by atoms with Gasteiger partial charge in [0.1, 0.15) is 0 Å². The number of carbonyl (C=O) groups excluding carboxylic acids is 1. The van der Waals surface area contributed by atoms with Crippen LogP contribution in [0.1, 0.15) is 39.0 Å². The molecule has 2 aromatic rings. The highest BCUT2D eigenvalue weighted by Gasteiger charge is 2.20. The third-order valence-corrected chi connectivity index (χ3v) is 5.69. The van der Waals surface area contributed by atoms with Crippen LogP contribution in [0.3, 0.4) is 0 Å². The molecule has 4 heteroatoms. The Morgan fingerprint density at radius 2 is 2.04 bits per heavy atom. The number of nitrogens with zero attached hydrogens (tertiary/aromatic N) is 1. The fraction of sp³-hybridized carbons (Fsp3) is 0.421. The number of thiophene rings is 1. The predicted molar refractivity (Wildman–Crippen MR) is 97.4 cm³/mol. The summed E-state index contributed by atoms with van der Waals surface area (Å²) in [6.45, 7) is 2.86. The minimum atomic E-state index is 0.0498. The standard InChI is InChI=1S/C19H24N2OS/c1-13-4-9-17-15(10-13)11-18(23-17)19(22)20-12-14-5-7-16(8-6-14)21(2)3/h5-8,11,13H,4,9-10,12H2,1-3H3,(H,20,22)/t13-/m1/s1. The highest BCUT2D eigenvalue weighted by atomic mass is 32.1. The number of hydrogen-bond donors (Lipinski definition) is 1. The first-order chi connectivity index (χ1) is 11.0. The van der Waals surface area contributed by atoms with Crippen LogP contribution in [0.15, 0.2) is 30.3 Å². The van der Waals surface area contributed by atoms with Crippen LogP contribution in [-0.4, -0.2) is 20.0 Å². The Bertz CT molecular complexity index is 688. The molecular weight excluding hydrogens is 304 g/mol. The van der Waals surface area contributed by atoms with Gasteiger partial charge >= 0.3 is 0 Å². The van der Waals surface area contributed by atoms with Crippen molar-refractivity contribution in [2.45, 2.75) is 32.7 Å². The van der Waals surface area contributed by atoms with Gasteiger partial charge in [-0.25, -0.2) is 0 Å². The number of amides is 1. The largest absolute Gasteiger partial charge is 0.378 e. The Morgan fingerprint density at radius 3 is 2.74 bits per heavy atom. The number of carbonyl (C=O) groups is 1. The Balaban J connectivity index is 1.61. The molecule has 1 heterocycles. The maximum absolute atomic E-state index is 12.4. The van der Waals surface area contributed by atoms with E-state index in [1.165, 1.54) is 22.5 Å². The molecule has 1 aromatic heterocycles. The molecule has 1 aromatic carbocycles. The maximum Gasteiger partial charge on any atom is 0.261 e. The van der Waals surface area contributed by atoms with Gasteiger partial charge in [0.2, 0.25) is 0 Å². The Labute approximate surface area is 142 Å². The third-order valence-electron chi connectivity index (χ3n) is 4.46. The normalized spacial score (nSPS) is 16.7. The van der Waals surface area contributed by atoms with Crippen LogP contribution < -0.4 is 10.2 Å². The zero-order valence-electron chi connectivity index (χ0n) is 14.1. The SMILES string of the molecule is C[C@@H]1CCc2sc(C(=O)NCc3ccc(N(C)C)cc3)cc2C1. The molecule has 1 amide bonds. The zero-order chi connectivity index (χ0) is 16.4. The van der Waals surface area contributed by atoms with E-state index in [0.29, 0.717) is 6.54 Å². The molecule has 0 saturated carbocycles. The average Bonchev–Trinajstić information content (AvgIpc) is 2.96. The smallest absolute Gasteiger partial charge is 0.261 e. The number of nitrogens with one attached hydrogen (secondary N) is 1. The van der Waals surface area contributed by atoms with Gasteiger partial charge in [-0.15, -0.1) is 11.3 Å². The van der Waals surface area contributed by atoms with Crippen LogP contribution in [0.4, 0.5) is 5.69 Å². The highest BCUT2D eigenvalue weighted by molar-refractivity contribution is 7.14. The van der Waals surface area contributed by atoms with Gasteiger partial charge < -0.3 is 10.2 Å². The minimum absolute atomic E-state index is 0.0498. The van der Waals surface area contributed by atoms with Crippen LogP contribution in [0, 0.1) is 5.92 Å². The molecule has 0 saturated heterocycles. The van der Waals surface area contributed by atoms with E-state index >= 15 is 0 Å². The van der Waals surface area contributed by atoms with E-state index in [-0.39, 0.29) is 5.91 Å². The van der Waals surface area contributed by atoms with Gasteiger partial charge in [-0.1, -0.05) is 19.1 Å². The molecule has 0 radical (unpaired) electrons. The van der Waals surface area contributed by atoms with E-state index in [1.54, 1.807) is 11.3 Å². The molecule has 3 nitrogen and oxygen atoms in total. The van der Waals surface area contributed by atoms with Crippen molar-refractivity contribution in [3.63, 3.8) is 0 Å². The van der Waals surface area contributed by atoms with Crippen molar-refractivity contribution in [3.8, 4) is 0 Å². The fourth-order valence-corrected chi connectivity index (χ4v) is 4.12. The van der Waals surface area contributed by atoms with Crippen molar-refractivity contribution in [2.24, 2.45) is 5.92 Å². The number of rotatable bonds is 4. The Kier molecular flexibility index (Phi) is 4.71. The molecule has 1 atom stereocenters. The second-order valence-corrected chi connectivity index (χ2v) is 7.79. The summed E-state index contributed by atoms with van der Waals surface area (Å²) >= 11 is 1.67.